The number of hydrogen-bond acceptors (Lipinski definition) is 2. The number of aliphatic hydroxyl groups is 1. The van der Waals surface area contributed by atoms with Crippen LogP contribution in [0.1, 0.15) is 26.7 Å². The topological polar surface area (TPSA) is 20.2 Å². The van der Waals surface area contributed by atoms with Crippen LogP contribution in [-0.2, 0) is 0 Å². The Bertz CT molecular complexity index is 64.3. The number of rotatable bonds is 6. The fraction of sp³-hybridized carbons (Fsp3) is 1.00. The summed E-state index contributed by atoms with van der Waals surface area (Å²) in [6, 6.07) is 0. The largest absolute Gasteiger partial charge is 0.396 e. The number of aliphatic hydroxyl groups excluding tert-OH is 1. The predicted molar refractivity (Wildman–Crippen MR) is 48.5 cm³/mol. The molecular weight excluding hydrogens is 144 g/mol. The van der Waals surface area contributed by atoms with E-state index in [0.717, 1.165) is 11.7 Å². The molecule has 0 amide bonds. The van der Waals surface area contributed by atoms with Crippen LogP contribution in [0.15, 0.2) is 0 Å². The molecule has 0 fully saturated rings. The molecule has 0 atom stereocenters. The summed E-state index contributed by atoms with van der Waals surface area (Å²) in [5.41, 5.74) is 0. The SMILES string of the molecule is CC(C)CCCSCCO. The van der Waals surface area contributed by atoms with E-state index >= 15 is 0 Å². The Morgan fingerprint density at radius 1 is 1.30 bits per heavy atom. The van der Waals surface area contributed by atoms with Crippen molar-refractivity contribution in [2.24, 2.45) is 5.92 Å². The Morgan fingerprint density at radius 3 is 2.50 bits per heavy atom. The van der Waals surface area contributed by atoms with Crippen LogP contribution in [0.3, 0.4) is 0 Å². The molecule has 1 N–H and O–H groups in total. The molecule has 0 spiro atoms. The third-order valence-electron chi connectivity index (χ3n) is 1.31. The zero-order valence-electron chi connectivity index (χ0n) is 6.97. The molecule has 0 heterocycles. The summed E-state index contributed by atoms with van der Waals surface area (Å²) < 4.78 is 0. The van der Waals surface area contributed by atoms with Crippen LogP contribution >= 0.6 is 11.8 Å². The van der Waals surface area contributed by atoms with Crippen molar-refractivity contribution in [2.75, 3.05) is 18.1 Å². The molecule has 0 aromatic rings. The zero-order valence-corrected chi connectivity index (χ0v) is 7.78. The van der Waals surface area contributed by atoms with Crippen molar-refractivity contribution in [1.29, 1.82) is 0 Å². The molecule has 0 aliphatic heterocycles. The highest BCUT2D eigenvalue weighted by atomic mass is 32.2. The fourth-order valence-electron chi connectivity index (χ4n) is 0.760. The zero-order chi connectivity index (χ0) is 7.82. The summed E-state index contributed by atoms with van der Waals surface area (Å²) in [6.07, 6.45) is 2.61. The van der Waals surface area contributed by atoms with E-state index in [1.807, 2.05) is 11.8 Å². The van der Waals surface area contributed by atoms with Crippen molar-refractivity contribution >= 4 is 11.8 Å². The molecule has 0 saturated heterocycles. The maximum atomic E-state index is 8.45. The Labute approximate surface area is 68.2 Å². The summed E-state index contributed by atoms with van der Waals surface area (Å²) in [4.78, 5) is 0. The van der Waals surface area contributed by atoms with Crippen molar-refractivity contribution < 1.29 is 5.11 Å². The first kappa shape index (κ1) is 10.3. The molecule has 0 bridgehead atoms. The first-order valence-electron chi connectivity index (χ1n) is 3.96. The van der Waals surface area contributed by atoms with E-state index in [1.54, 1.807) is 0 Å². The van der Waals surface area contributed by atoms with Gasteiger partial charge in [0.05, 0.1) is 6.61 Å². The lowest BCUT2D eigenvalue weighted by molar-refractivity contribution is 0.322. The quantitative estimate of drug-likeness (QED) is 0.604. The highest BCUT2D eigenvalue weighted by Gasteiger charge is 1.93. The van der Waals surface area contributed by atoms with E-state index < -0.39 is 0 Å². The van der Waals surface area contributed by atoms with Crippen LogP contribution in [-0.4, -0.2) is 23.2 Å². The minimum absolute atomic E-state index is 0.326. The van der Waals surface area contributed by atoms with E-state index in [-0.39, 0.29) is 0 Å². The van der Waals surface area contributed by atoms with Crippen molar-refractivity contribution in [3.63, 3.8) is 0 Å². The lowest BCUT2D eigenvalue weighted by Crippen LogP contribution is -1.91. The van der Waals surface area contributed by atoms with Gasteiger partial charge in [0, 0.05) is 5.75 Å². The van der Waals surface area contributed by atoms with E-state index in [9.17, 15) is 0 Å². The summed E-state index contributed by atoms with van der Waals surface area (Å²) in [6.45, 7) is 4.82. The van der Waals surface area contributed by atoms with Crippen LogP contribution in [0, 0.1) is 5.92 Å². The molecule has 0 rings (SSSR count). The van der Waals surface area contributed by atoms with Crippen LogP contribution in [0.5, 0.6) is 0 Å². The molecule has 62 valence electrons. The molecule has 0 saturated carbocycles. The van der Waals surface area contributed by atoms with Gasteiger partial charge in [0.15, 0.2) is 0 Å². The first-order valence-corrected chi connectivity index (χ1v) is 5.11. The maximum Gasteiger partial charge on any atom is 0.0521 e. The van der Waals surface area contributed by atoms with Gasteiger partial charge in [0.1, 0.15) is 0 Å². The normalized spacial score (nSPS) is 10.8. The van der Waals surface area contributed by atoms with Crippen molar-refractivity contribution in [3.05, 3.63) is 0 Å². The molecule has 0 aromatic heterocycles. The van der Waals surface area contributed by atoms with Crippen LogP contribution < -0.4 is 0 Å². The monoisotopic (exact) mass is 162 g/mol. The Kier molecular flexibility index (Phi) is 7.65. The van der Waals surface area contributed by atoms with Gasteiger partial charge in [0.25, 0.3) is 0 Å². The predicted octanol–water partition coefficient (Wildman–Crippen LogP) is 2.15. The molecule has 0 aliphatic rings. The van der Waals surface area contributed by atoms with E-state index in [1.165, 1.54) is 18.6 Å². The second-order valence-corrected chi connectivity index (χ2v) is 4.10. The average Bonchev–Trinajstić information content (AvgIpc) is 1.87. The highest BCUT2D eigenvalue weighted by Crippen LogP contribution is 2.08. The molecular formula is C8H18OS. The molecule has 10 heavy (non-hydrogen) atoms. The molecule has 1 nitrogen and oxygen atoms in total. The van der Waals surface area contributed by atoms with Gasteiger partial charge in [-0.2, -0.15) is 11.8 Å². The van der Waals surface area contributed by atoms with Crippen molar-refractivity contribution in [1.82, 2.24) is 0 Å². The van der Waals surface area contributed by atoms with Crippen molar-refractivity contribution in [3.8, 4) is 0 Å². The molecule has 0 aromatic carbocycles. The molecule has 0 aliphatic carbocycles. The van der Waals surface area contributed by atoms with E-state index in [0.29, 0.717) is 6.61 Å². The smallest absolute Gasteiger partial charge is 0.0521 e. The Morgan fingerprint density at radius 2 is 2.00 bits per heavy atom. The van der Waals surface area contributed by atoms with Gasteiger partial charge in [0.2, 0.25) is 0 Å². The molecule has 0 unspecified atom stereocenters. The van der Waals surface area contributed by atoms with Crippen LogP contribution in [0.2, 0.25) is 0 Å². The van der Waals surface area contributed by atoms with Gasteiger partial charge in [-0.05, 0) is 18.1 Å². The van der Waals surface area contributed by atoms with Gasteiger partial charge in [-0.3, -0.25) is 0 Å². The lowest BCUT2D eigenvalue weighted by atomic mass is 10.1. The van der Waals surface area contributed by atoms with Crippen LogP contribution in [0.4, 0.5) is 0 Å². The summed E-state index contributed by atoms with van der Waals surface area (Å²) >= 11 is 1.85. The van der Waals surface area contributed by atoms with Gasteiger partial charge in [-0.1, -0.05) is 20.3 Å². The van der Waals surface area contributed by atoms with Gasteiger partial charge >= 0.3 is 0 Å². The van der Waals surface area contributed by atoms with Crippen molar-refractivity contribution in [2.45, 2.75) is 26.7 Å². The molecule has 2 heteroatoms. The minimum Gasteiger partial charge on any atom is -0.396 e. The highest BCUT2D eigenvalue weighted by molar-refractivity contribution is 7.99. The van der Waals surface area contributed by atoms with E-state index in [2.05, 4.69) is 13.8 Å². The fourth-order valence-corrected chi connectivity index (χ4v) is 1.46. The average molecular weight is 162 g/mol. The Balaban J connectivity index is 2.77. The summed E-state index contributed by atoms with van der Waals surface area (Å²) in [7, 11) is 0. The number of thioether (sulfide) groups is 1. The third-order valence-corrected chi connectivity index (χ3v) is 2.35. The van der Waals surface area contributed by atoms with E-state index in [4.69, 9.17) is 5.11 Å². The van der Waals surface area contributed by atoms with Crippen LogP contribution in [0.25, 0.3) is 0 Å². The second kappa shape index (κ2) is 7.42. The summed E-state index contributed by atoms with van der Waals surface area (Å²) in [5.74, 6) is 2.94. The third kappa shape index (κ3) is 8.31. The maximum absolute atomic E-state index is 8.45. The summed E-state index contributed by atoms with van der Waals surface area (Å²) in [5, 5.41) is 8.45. The lowest BCUT2D eigenvalue weighted by Gasteiger charge is -2.02. The first-order chi connectivity index (χ1) is 4.77. The standard InChI is InChI=1S/C8H18OS/c1-8(2)4-3-6-10-7-5-9/h8-9H,3-7H2,1-2H3. The molecule has 0 radical (unpaired) electrons. The van der Waals surface area contributed by atoms with Gasteiger partial charge < -0.3 is 5.11 Å². The van der Waals surface area contributed by atoms with Gasteiger partial charge in [-0.25, -0.2) is 0 Å². The Hall–Kier alpha value is 0.310. The minimum atomic E-state index is 0.326. The van der Waals surface area contributed by atoms with Gasteiger partial charge in [-0.15, -0.1) is 0 Å². The number of hydrogen-bond donors (Lipinski definition) is 1. The second-order valence-electron chi connectivity index (χ2n) is 2.87.